The van der Waals surface area contributed by atoms with Crippen molar-refractivity contribution in [3.8, 4) is 0 Å². The second kappa shape index (κ2) is 7.12. The molecule has 16 heavy (non-hydrogen) atoms. The first kappa shape index (κ1) is 13.8. The summed E-state index contributed by atoms with van der Waals surface area (Å²) >= 11 is 6.83. The van der Waals surface area contributed by atoms with Crippen LogP contribution in [0.25, 0.3) is 0 Å². The van der Waals surface area contributed by atoms with Gasteiger partial charge in [0.15, 0.2) is 0 Å². The number of thioether (sulfide) groups is 1. The molecule has 92 valence electrons. The average molecular weight is 260 g/mol. The van der Waals surface area contributed by atoms with Gasteiger partial charge >= 0.3 is 0 Å². The van der Waals surface area contributed by atoms with Crippen LogP contribution < -0.4 is 5.32 Å². The molecule has 0 spiro atoms. The first-order valence-electron chi connectivity index (χ1n) is 5.88. The maximum absolute atomic E-state index is 11.6. The highest BCUT2D eigenvalue weighted by molar-refractivity contribution is 8.23. The standard InChI is InChI=1S/C11H20N2OS2/c1-3-6-12-10(14)9(2)16-11(15)13-7-4-5-8-13/h9H,3-8H2,1-2H3,(H,12,14). The number of likely N-dealkylation sites (tertiary alicyclic amines) is 1. The summed E-state index contributed by atoms with van der Waals surface area (Å²) in [6.45, 7) is 6.81. The second-order valence-corrected chi connectivity index (χ2v) is 5.99. The molecule has 0 aromatic carbocycles. The number of thiocarbonyl (C=S) groups is 1. The van der Waals surface area contributed by atoms with Gasteiger partial charge in [0.1, 0.15) is 4.32 Å². The Morgan fingerprint density at radius 3 is 2.69 bits per heavy atom. The van der Waals surface area contributed by atoms with Crippen molar-refractivity contribution in [2.24, 2.45) is 0 Å². The van der Waals surface area contributed by atoms with Gasteiger partial charge in [-0.25, -0.2) is 0 Å². The molecule has 0 radical (unpaired) electrons. The van der Waals surface area contributed by atoms with Gasteiger partial charge in [0.05, 0.1) is 5.25 Å². The largest absolute Gasteiger partial charge is 0.358 e. The first-order valence-corrected chi connectivity index (χ1v) is 7.17. The minimum absolute atomic E-state index is 0.0837. The normalized spacial score (nSPS) is 17.2. The SMILES string of the molecule is CCCNC(=O)C(C)SC(=S)N1CCCC1. The quantitative estimate of drug-likeness (QED) is 0.784. The lowest BCUT2D eigenvalue weighted by Crippen LogP contribution is -2.34. The van der Waals surface area contributed by atoms with Gasteiger partial charge in [-0.15, -0.1) is 0 Å². The molecule has 0 aromatic heterocycles. The average Bonchev–Trinajstić information content (AvgIpc) is 2.79. The molecule has 1 aliphatic heterocycles. The lowest BCUT2D eigenvalue weighted by atomic mass is 10.4. The minimum atomic E-state index is -0.0837. The number of hydrogen-bond donors (Lipinski definition) is 1. The Morgan fingerprint density at radius 1 is 1.50 bits per heavy atom. The fourth-order valence-electron chi connectivity index (χ4n) is 1.57. The van der Waals surface area contributed by atoms with Crippen molar-refractivity contribution < 1.29 is 4.79 Å². The van der Waals surface area contributed by atoms with E-state index in [0.717, 1.165) is 30.4 Å². The van der Waals surface area contributed by atoms with Crippen LogP contribution in [-0.2, 0) is 4.79 Å². The number of nitrogens with one attached hydrogen (secondary N) is 1. The molecular weight excluding hydrogens is 240 g/mol. The second-order valence-electron chi connectivity index (χ2n) is 4.01. The monoisotopic (exact) mass is 260 g/mol. The molecule has 0 bridgehead atoms. The Balaban J connectivity index is 2.29. The van der Waals surface area contributed by atoms with Gasteiger partial charge < -0.3 is 10.2 Å². The molecule has 1 unspecified atom stereocenters. The number of hydrogen-bond acceptors (Lipinski definition) is 3. The van der Waals surface area contributed by atoms with Crippen LogP contribution in [0.2, 0.25) is 0 Å². The maximum Gasteiger partial charge on any atom is 0.233 e. The molecule has 1 fully saturated rings. The van der Waals surface area contributed by atoms with Crippen molar-refractivity contribution >= 4 is 34.2 Å². The molecule has 1 N–H and O–H groups in total. The van der Waals surface area contributed by atoms with Gasteiger partial charge in [-0.3, -0.25) is 4.79 Å². The molecule has 5 heteroatoms. The molecule has 3 nitrogen and oxygen atoms in total. The van der Waals surface area contributed by atoms with Crippen LogP contribution in [0.1, 0.15) is 33.1 Å². The highest BCUT2D eigenvalue weighted by Crippen LogP contribution is 2.20. The summed E-state index contributed by atoms with van der Waals surface area (Å²) in [5.74, 6) is 0.0911. The summed E-state index contributed by atoms with van der Waals surface area (Å²) in [5.41, 5.74) is 0. The van der Waals surface area contributed by atoms with Crippen molar-refractivity contribution in [3.05, 3.63) is 0 Å². The zero-order valence-electron chi connectivity index (χ0n) is 9.99. The predicted octanol–water partition coefficient (Wildman–Crippen LogP) is 2.01. The number of amides is 1. The zero-order valence-corrected chi connectivity index (χ0v) is 11.6. The van der Waals surface area contributed by atoms with Gasteiger partial charge in [0, 0.05) is 19.6 Å². The lowest BCUT2D eigenvalue weighted by Gasteiger charge is -2.20. The van der Waals surface area contributed by atoms with Crippen molar-refractivity contribution in [3.63, 3.8) is 0 Å². The molecular formula is C11H20N2OS2. The van der Waals surface area contributed by atoms with Crippen LogP contribution >= 0.6 is 24.0 Å². The predicted molar refractivity (Wildman–Crippen MR) is 73.8 cm³/mol. The summed E-state index contributed by atoms with van der Waals surface area (Å²) in [7, 11) is 0. The van der Waals surface area contributed by atoms with E-state index in [4.69, 9.17) is 12.2 Å². The molecule has 1 rings (SSSR count). The van der Waals surface area contributed by atoms with E-state index in [2.05, 4.69) is 10.2 Å². The van der Waals surface area contributed by atoms with Crippen molar-refractivity contribution in [1.29, 1.82) is 0 Å². The van der Waals surface area contributed by atoms with E-state index in [1.807, 2.05) is 13.8 Å². The molecule has 1 aliphatic rings. The third-order valence-electron chi connectivity index (χ3n) is 2.56. The lowest BCUT2D eigenvalue weighted by molar-refractivity contribution is -0.120. The fourth-order valence-corrected chi connectivity index (χ4v) is 3.01. The van der Waals surface area contributed by atoms with Crippen molar-refractivity contribution in [2.45, 2.75) is 38.4 Å². The minimum Gasteiger partial charge on any atom is -0.358 e. The molecule has 1 saturated heterocycles. The van der Waals surface area contributed by atoms with Crippen LogP contribution in [0.4, 0.5) is 0 Å². The summed E-state index contributed by atoms with van der Waals surface area (Å²) in [6.07, 6.45) is 3.41. The first-order chi connectivity index (χ1) is 7.65. The van der Waals surface area contributed by atoms with E-state index >= 15 is 0 Å². The summed E-state index contributed by atoms with van der Waals surface area (Å²) in [4.78, 5) is 13.8. The van der Waals surface area contributed by atoms with Crippen LogP contribution in [0.3, 0.4) is 0 Å². The Kier molecular flexibility index (Phi) is 6.13. The summed E-state index contributed by atoms with van der Waals surface area (Å²) in [6, 6.07) is 0. The Bertz CT molecular complexity index is 252. The van der Waals surface area contributed by atoms with E-state index in [9.17, 15) is 4.79 Å². The number of nitrogens with zero attached hydrogens (tertiary/aromatic N) is 1. The Hall–Kier alpha value is -0.290. The molecule has 1 heterocycles. The fraction of sp³-hybridized carbons (Fsp3) is 0.818. The molecule has 1 amide bonds. The molecule has 0 aromatic rings. The third kappa shape index (κ3) is 4.29. The number of rotatable bonds is 4. The van der Waals surface area contributed by atoms with E-state index in [1.165, 1.54) is 24.6 Å². The van der Waals surface area contributed by atoms with Gasteiger partial charge in [-0.1, -0.05) is 30.9 Å². The van der Waals surface area contributed by atoms with Crippen molar-refractivity contribution in [1.82, 2.24) is 10.2 Å². The Morgan fingerprint density at radius 2 is 2.12 bits per heavy atom. The zero-order chi connectivity index (χ0) is 12.0. The number of carbonyl (C=O) groups excluding carboxylic acids is 1. The topological polar surface area (TPSA) is 32.3 Å². The van der Waals surface area contributed by atoms with E-state index in [0.29, 0.717) is 0 Å². The van der Waals surface area contributed by atoms with E-state index in [-0.39, 0.29) is 11.2 Å². The van der Waals surface area contributed by atoms with Crippen LogP contribution in [-0.4, -0.2) is 40.0 Å². The molecule has 0 saturated carbocycles. The third-order valence-corrected chi connectivity index (χ3v) is 4.13. The van der Waals surface area contributed by atoms with Gasteiger partial charge in [0.2, 0.25) is 5.91 Å². The van der Waals surface area contributed by atoms with Crippen LogP contribution in [0.5, 0.6) is 0 Å². The number of carbonyl (C=O) groups is 1. The molecule has 1 atom stereocenters. The highest BCUT2D eigenvalue weighted by atomic mass is 32.2. The van der Waals surface area contributed by atoms with Gasteiger partial charge in [0.25, 0.3) is 0 Å². The van der Waals surface area contributed by atoms with Crippen molar-refractivity contribution in [2.75, 3.05) is 19.6 Å². The maximum atomic E-state index is 11.6. The van der Waals surface area contributed by atoms with Gasteiger partial charge in [-0.05, 0) is 26.2 Å². The van der Waals surface area contributed by atoms with Gasteiger partial charge in [-0.2, -0.15) is 0 Å². The summed E-state index contributed by atoms with van der Waals surface area (Å²) < 4.78 is 0.872. The highest BCUT2D eigenvalue weighted by Gasteiger charge is 2.20. The summed E-state index contributed by atoms with van der Waals surface area (Å²) in [5, 5.41) is 2.81. The van der Waals surface area contributed by atoms with Crippen LogP contribution in [0, 0.1) is 0 Å². The van der Waals surface area contributed by atoms with E-state index < -0.39 is 0 Å². The van der Waals surface area contributed by atoms with Crippen LogP contribution in [0.15, 0.2) is 0 Å². The smallest absolute Gasteiger partial charge is 0.233 e. The van der Waals surface area contributed by atoms with E-state index in [1.54, 1.807) is 0 Å². The molecule has 0 aliphatic carbocycles. The Labute approximate surface area is 107 Å².